The van der Waals surface area contributed by atoms with Gasteiger partial charge >= 0.3 is 16.6 Å². The zero-order chi connectivity index (χ0) is 20.1. The number of carbonyl (C=O) groups is 1. The molecule has 0 radical (unpaired) electrons. The van der Waals surface area contributed by atoms with Crippen LogP contribution < -0.4 is 4.74 Å². The van der Waals surface area contributed by atoms with Crippen LogP contribution in [0.1, 0.15) is 24.4 Å². The number of aromatic nitrogens is 3. The van der Waals surface area contributed by atoms with Crippen LogP contribution in [0.25, 0.3) is 11.1 Å². The molecule has 3 aromatic heterocycles. The number of nitrogens with zero attached hydrogens (tertiary/aromatic N) is 4. The predicted molar refractivity (Wildman–Crippen MR) is 105 cm³/mol. The van der Waals surface area contributed by atoms with Crippen molar-refractivity contribution in [2.24, 2.45) is 10.3 Å². The fourth-order valence-electron chi connectivity index (χ4n) is 2.61. The Morgan fingerprint density at radius 3 is 2.79 bits per heavy atom. The lowest BCUT2D eigenvalue weighted by molar-refractivity contribution is 0.213. The second kappa shape index (κ2) is 8.89. The Hall–Kier alpha value is -2.85. The van der Waals surface area contributed by atoms with Crippen molar-refractivity contribution < 1.29 is 17.9 Å². The third-order valence-electron chi connectivity index (χ3n) is 3.73. The van der Waals surface area contributed by atoms with E-state index in [9.17, 15) is 13.2 Å². The van der Waals surface area contributed by atoms with Gasteiger partial charge in [0.15, 0.2) is 5.06 Å². The highest BCUT2D eigenvalue weighted by Crippen LogP contribution is 2.39. The van der Waals surface area contributed by atoms with Gasteiger partial charge in [-0.2, -0.15) is 8.42 Å². The molecule has 1 amide bonds. The standard InChI is InChI=1S/C18H18N4O4S2/c1-12(2)7-15-8-16(17(27-15)26-18(23)21-28(24)25)13-3-4-14(20-9-13)10-22-6-5-19-11-22/h3-6,8-9,11-12H,7,10H2,1-2H3. The zero-order valence-electron chi connectivity index (χ0n) is 15.3. The highest BCUT2D eigenvalue weighted by Gasteiger charge is 2.17. The van der Waals surface area contributed by atoms with E-state index < -0.39 is 16.6 Å². The van der Waals surface area contributed by atoms with Crippen molar-refractivity contribution in [3.05, 3.63) is 53.7 Å². The monoisotopic (exact) mass is 418 g/mol. The Kier molecular flexibility index (Phi) is 6.32. The summed E-state index contributed by atoms with van der Waals surface area (Å²) in [7, 11) is -2.86. The summed E-state index contributed by atoms with van der Waals surface area (Å²) < 4.78 is 31.1. The largest absolute Gasteiger partial charge is 0.455 e. The van der Waals surface area contributed by atoms with Crippen LogP contribution >= 0.6 is 11.3 Å². The Morgan fingerprint density at radius 1 is 1.36 bits per heavy atom. The fraction of sp³-hybridized carbons (Fsp3) is 0.278. The summed E-state index contributed by atoms with van der Waals surface area (Å²) in [5, 5.41) is 0.305. The fourth-order valence-corrected chi connectivity index (χ4v) is 4.00. The SMILES string of the molecule is CC(C)Cc1cc(-c2ccc(Cn3ccnc3)nc2)c(OC(=O)N=S(=O)=O)s1. The number of carbonyl (C=O) groups excluding carboxylic acids is 1. The molecule has 3 rings (SSSR count). The van der Waals surface area contributed by atoms with Crippen LogP contribution in [0.15, 0.2) is 47.5 Å². The molecule has 0 spiro atoms. The second-order valence-electron chi connectivity index (χ2n) is 6.46. The first-order valence-electron chi connectivity index (χ1n) is 8.47. The molecule has 0 N–H and O–H groups in total. The molecule has 0 bridgehead atoms. The van der Waals surface area contributed by atoms with Gasteiger partial charge in [0.1, 0.15) is 0 Å². The summed E-state index contributed by atoms with van der Waals surface area (Å²) >= 11 is 1.30. The summed E-state index contributed by atoms with van der Waals surface area (Å²) in [5.74, 6) is 0.421. The minimum atomic E-state index is -2.86. The maximum absolute atomic E-state index is 11.7. The molecule has 3 heterocycles. The number of hydrogen-bond donors (Lipinski definition) is 0. The van der Waals surface area contributed by atoms with Gasteiger partial charge in [-0.05, 0) is 24.5 Å². The van der Waals surface area contributed by atoms with E-state index in [1.54, 1.807) is 18.7 Å². The molecule has 28 heavy (non-hydrogen) atoms. The smallest absolute Gasteiger partial charge is 0.396 e. The topological polar surface area (TPSA) is 104 Å². The van der Waals surface area contributed by atoms with Crippen molar-refractivity contribution in [2.75, 3.05) is 0 Å². The first-order valence-corrected chi connectivity index (χ1v) is 10.3. The van der Waals surface area contributed by atoms with E-state index in [0.717, 1.165) is 22.6 Å². The first kappa shape index (κ1) is 19.9. The lowest BCUT2D eigenvalue weighted by Gasteiger charge is -2.05. The van der Waals surface area contributed by atoms with Crippen molar-refractivity contribution in [1.29, 1.82) is 0 Å². The van der Waals surface area contributed by atoms with Crippen molar-refractivity contribution in [2.45, 2.75) is 26.8 Å². The van der Waals surface area contributed by atoms with Gasteiger partial charge in [-0.25, -0.2) is 9.78 Å². The zero-order valence-corrected chi connectivity index (χ0v) is 16.9. The number of thiophene rings is 1. The van der Waals surface area contributed by atoms with E-state index in [-0.39, 0.29) is 0 Å². The minimum Gasteiger partial charge on any atom is -0.396 e. The molecule has 0 saturated carbocycles. The van der Waals surface area contributed by atoms with Crippen LogP contribution in [-0.2, 0) is 23.5 Å². The molecule has 3 aromatic rings. The Labute approximate surface area is 167 Å². The van der Waals surface area contributed by atoms with Crippen molar-refractivity contribution >= 4 is 27.9 Å². The van der Waals surface area contributed by atoms with E-state index in [0.29, 0.717) is 23.1 Å². The minimum absolute atomic E-state index is 0.305. The Balaban J connectivity index is 1.88. The molecular formula is C18H18N4O4S2. The molecule has 0 aliphatic rings. The lowest BCUT2D eigenvalue weighted by atomic mass is 10.1. The molecule has 0 saturated heterocycles. The summed E-state index contributed by atoms with van der Waals surface area (Å²) in [6, 6.07) is 5.71. The van der Waals surface area contributed by atoms with Gasteiger partial charge in [0.25, 0.3) is 0 Å². The average molecular weight is 419 g/mol. The maximum Gasteiger partial charge on any atom is 0.455 e. The van der Waals surface area contributed by atoms with E-state index in [1.807, 2.05) is 29.0 Å². The summed E-state index contributed by atoms with van der Waals surface area (Å²) in [6.07, 6.45) is 6.62. The van der Waals surface area contributed by atoms with Crippen LogP contribution in [0, 0.1) is 5.92 Å². The van der Waals surface area contributed by atoms with Crippen molar-refractivity contribution in [3.8, 4) is 16.2 Å². The molecule has 0 aliphatic heterocycles. The summed E-state index contributed by atoms with van der Waals surface area (Å²) in [5.41, 5.74) is 2.31. The highest BCUT2D eigenvalue weighted by atomic mass is 32.2. The molecular weight excluding hydrogens is 400 g/mol. The third-order valence-corrected chi connectivity index (χ3v) is 5.06. The van der Waals surface area contributed by atoms with Gasteiger partial charge in [0.2, 0.25) is 0 Å². The van der Waals surface area contributed by atoms with E-state index >= 15 is 0 Å². The number of ether oxygens (including phenoxy) is 1. The number of hydrogen-bond acceptors (Lipinski definition) is 7. The van der Waals surface area contributed by atoms with Crippen LogP contribution in [0.5, 0.6) is 5.06 Å². The number of amides is 1. The highest BCUT2D eigenvalue weighted by molar-refractivity contribution is 7.62. The second-order valence-corrected chi connectivity index (χ2v) is 8.18. The molecule has 0 fully saturated rings. The molecule has 0 aromatic carbocycles. The van der Waals surface area contributed by atoms with E-state index in [4.69, 9.17) is 4.74 Å². The van der Waals surface area contributed by atoms with E-state index in [2.05, 4.69) is 28.2 Å². The van der Waals surface area contributed by atoms with Gasteiger partial charge in [-0.1, -0.05) is 24.3 Å². The van der Waals surface area contributed by atoms with Gasteiger partial charge in [0.05, 0.1) is 18.6 Å². The van der Waals surface area contributed by atoms with Crippen LogP contribution in [0.3, 0.4) is 0 Å². The van der Waals surface area contributed by atoms with Crippen LogP contribution in [0.4, 0.5) is 4.79 Å². The number of rotatable bonds is 6. The van der Waals surface area contributed by atoms with Gasteiger partial charge in [-0.15, -0.1) is 11.3 Å². The van der Waals surface area contributed by atoms with Crippen molar-refractivity contribution in [3.63, 3.8) is 0 Å². The molecule has 8 nitrogen and oxygen atoms in total. The Morgan fingerprint density at radius 2 is 2.18 bits per heavy atom. The van der Waals surface area contributed by atoms with Crippen LogP contribution in [-0.4, -0.2) is 29.0 Å². The lowest BCUT2D eigenvalue weighted by Crippen LogP contribution is -2.01. The van der Waals surface area contributed by atoms with Crippen molar-refractivity contribution in [1.82, 2.24) is 14.5 Å². The number of imidazole rings is 1. The molecule has 0 atom stereocenters. The molecule has 10 heteroatoms. The normalized spacial score (nSPS) is 10.8. The Bertz CT molecular complexity index is 1080. The van der Waals surface area contributed by atoms with Gasteiger partial charge < -0.3 is 9.30 Å². The van der Waals surface area contributed by atoms with Crippen LogP contribution in [0.2, 0.25) is 0 Å². The van der Waals surface area contributed by atoms with Gasteiger partial charge in [-0.3, -0.25) is 4.98 Å². The summed E-state index contributed by atoms with van der Waals surface area (Å²) in [6.45, 7) is 4.78. The number of pyridine rings is 1. The van der Waals surface area contributed by atoms with E-state index in [1.165, 1.54) is 11.3 Å². The quantitative estimate of drug-likeness (QED) is 0.603. The molecule has 0 unspecified atom stereocenters. The summed E-state index contributed by atoms with van der Waals surface area (Å²) in [4.78, 5) is 21.2. The maximum atomic E-state index is 11.7. The van der Waals surface area contributed by atoms with Gasteiger partial charge in [0, 0.05) is 34.6 Å². The predicted octanol–water partition coefficient (Wildman–Crippen LogP) is 3.81. The molecule has 0 aliphatic carbocycles. The first-order chi connectivity index (χ1) is 13.4. The average Bonchev–Trinajstić information content (AvgIpc) is 3.24. The third kappa shape index (κ3) is 5.33. The molecule has 146 valence electrons.